The van der Waals surface area contributed by atoms with Gasteiger partial charge in [0.15, 0.2) is 13.2 Å². The summed E-state index contributed by atoms with van der Waals surface area (Å²) in [5, 5.41) is 0. The summed E-state index contributed by atoms with van der Waals surface area (Å²) in [7, 11) is 4.16. The van der Waals surface area contributed by atoms with Gasteiger partial charge in [-0.15, -0.1) is 9.36 Å². The van der Waals surface area contributed by atoms with Gasteiger partial charge in [0.1, 0.15) is 11.9 Å². The molecule has 0 radical (unpaired) electrons. The van der Waals surface area contributed by atoms with Crippen LogP contribution in [0.4, 0.5) is 5.69 Å². The summed E-state index contributed by atoms with van der Waals surface area (Å²) < 4.78 is 4.24. The van der Waals surface area contributed by atoms with Gasteiger partial charge in [0.25, 0.3) is 0 Å². The van der Waals surface area contributed by atoms with Crippen LogP contribution < -0.4 is 9.58 Å². The molecule has 4 heteroatoms. The zero-order valence-corrected chi connectivity index (χ0v) is 12.5. The van der Waals surface area contributed by atoms with E-state index in [4.69, 9.17) is 0 Å². The minimum Gasteiger partial charge on any atom is -0.359 e. The molecule has 0 spiro atoms. The summed E-state index contributed by atoms with van der Waals surface area (Å²) in [6, 6.07) is 8.52. The summed E-state index contributed by atoms with van der Waals surface area (Å²) >= 11 is 0. The van der Waals surface area contributed by atoms with Crippen molar-refractivity contribution in [3.63, 3.8) is 0 Å². The fourth-order valence-corrected chi connectivity index (χ4v) is 2.72. The van der Waals surface area contributed by atoms with Crippen molar-refractivity contribution < 1.29 is 4.68 Å². The predicted octanol–water partition coefficient (Wildman–Crippen LogP) is 2.18. The Hall–Kier alpha value is -2.23. The van der Waals surface area contributed by atoms with Crippen LogP contribution in [0.25, 0.3) is 5.69 Å². The molecular formula is C16H21N4+. The molecule has 0 aliphatic carbocycles. The van der Waals surface area contributed by atoms with E-state index < -0.39 is 0 Å². The van der Waals surface area contributed by atoms with E-state index in [1.807, 2.05) is 0 Å². The number of aromatic nitrogens is 2. The maximum atomic E-state index is 2.31. The van der Waals surface area contributed by atoms with E-state index in [2.05, 4.69) is 96.2 Å². The number of nitrogens with zero attached hydrogens (tertiary/aromatic N) is 4. The molecular weight excluding hydrogens is 248 g/mol. The maximum Gasteiger partial charge on any atom is 0.195 e. The first-order valence-electron chi connectivity index (χ1n) is 6.91. The van der Waals surface area contributed by atoms with Crippen LogP contribution in [-0.2, 0) is 7.05 Å². The van der Waals surface area contributed by atoms with Crippen LogP contribution in [0.1, 0.15) is 12.5 Å². The second-order valence-electron chi connectivity index (χ2n) is 5.33. The smallest absolute Gasteiger partial charge is 0.195 e. The van der Waals surface area contributed by atoms with Crippen molar-refractivity contribution in [2.24, 2.45) is 7.05 Å². The van der Waals surface area contributed by atoms with E-state index in [0.717, 1.165) is 0 Å². The minimum atomic E-state index is 0.349. The molecule has 0 fully saturated rings. The lowest BCUT2D eigenvalue weighted by molar-refractivity contribution is -0.744. The van der Waals surface area contributed by atoms with Gasteiger partial charge in [0.05, 0.1) is 6.20 Å². The van der Waals surface area contributed by atoms with Crippen LogP contribution in [0.2, 0.25) is 0 Å². The summed E-state index contributed by atoms with van der Waals surface area (Å²) in [6.45, 7) is 4.39. The monoisotopic (exact) mass is 269 g/mol. The lowest BCUT2D eigenvalue weighted by Gasteiger charge is -2.28. The highest BCUT2D eigenvalue weighted by molar-refractivity contribution is 5.63. The molecule has 0 saturated carbocycles. The van der Waals surface area contributed by atoms with Crippen molar-refractivity contribution in [3.05, 3.63) is 54.6 Å². The fourth-order valence-electron chi connectivity index (χ4n) is 2.72. The molecule has 0 saturated heterocycles. The quantitative estimate of drug-likeness (QED) is 0.776. The first-order chi connectivity index (χ1) is 9.59. The van der Waals surface area contributed by atoms with Crippen molar-refractivity contribution in [2.75, 3.05) is 11.9 Å². The normalized spacial score (nSPS) is 18.1. The van der Waals surface area contributed by atoms with Crippen LogP contribution in [0.3, 0.4) is 0 Å². The van der Waals surface area contributed by atoms with Gasteiger partial charge in [0.2, 0.25) is 0 Å². The number of aryl methyl sites for hydroxylation is 1. The van der Waals surface area contributed by atoms with E-state index >= 15 is 0 Å². The van der Waals surface area contributed by atoms with E-state index in [1.165, 1.54) is 16.9 Å². The average molecular weight is 269 g/mol. The van der Waals surface area contributed by atoms with Crippen molar-refractivity contribution >= 4 is 5.69 Å². The third kappa shape index (κ3) is 1.88. The Kier molecular flexibility index (Phi) is 3.01. The van der Waals surface area contributed by atoms with E-state index in [0.29, 0.717) is 6.17 Å². The molecule has 104 valence electrons. The largest absolute Gasteiger partial charge is 0.359 e. The van der Waals surface area contributed by atoms with Crippen LogP contribution in [-0.4, -0.2) is 22.8 Å². The SMILES string of the molecule is Cc1c(N2C=CN(C)[C@@H]2C)cccc1-n1ccc[n+]1C. The molecule has 1 atom stereocenters. The van der Waals surface area contributed by atoms with E-state index in [9.17, 15) is 0 Å². The van der Waals surface area contributed by atoms with Gasteiger partial charge in [-0.05, 0) is 26.0 Å². The lowest BCUT2D eigenvalue weighted by Crippen LogP contribution is -2.37. The van der Waals surface area contributed by atoms with Gasteiger partial charge >= 0.3 is 0 Å². The zero-order valence-electron chi connectivity index (χ0n) is 12.5. The Morgan fingerprint density at radius 3 is 2.45 bits per heavy atom. The van der Waals surface area contributed by atoms with Crippen molar-refractivity contribution in [2.45, 2.75) is 20.0 Å². The van der Waals surface area contributed by atoms with Gasteiger partial charge in [-0.3, -0.25) is 0 Å². The standard InChI is InChI=1S/C16H21N4/c1-13-15(19-12-11-17(3)14(19)2)7-5-8-16(13)20-10-6-9-18(20)4/h5-12,14H,1-4H3/q+1/t14-/m0/s1. The average Bonchev–Trinajstić information content (AvgIpc) is 2.99. The van der Waals surface area contributed by atoms with Crippen molar-refractivity contribution in [1.82, 2.24) is 9.58 Å². The molecule has 2 aromatic rings. The van der Waals surface area contributed by atoms with Crippen LogP contribution in [0.5, 0.6) is 0 Å². The van der Waals surface area contributed by atoms with E-state index in [1.54, 1.807) is 0 Å². The molecule has 4 nitrogen and oxygen atoms in total. The summed E-state index contributed by atoms with van der Waals surface area (Å²) in [5.74, 6) is 0. The summed E-state index contributed by atoms with van der Waals surface area (Å²) in [6.07, 6.45) is 8.75. The Morgan fingerprint density at radius 2 is 1.85 bits per heavy atom. The molecule has 0 bridgehead atoms. The van der Waals surface area contributed by atoms with Gasteiger partial charge in [-0.1, -0.05) is 6.07 Å². The molecule has 3 rings (SSSR count). The molecule has 1 aromatic carbocycles. The number of hydrogen-bond donors (Lipinski definition) is 0. The highest BCUT2D eigenvalue weighted by Crippen LogP contribution is 2.29. The third-order valence-electron chi connectivity index (χ3n) is 4.12. The van der Waals surface area contributed by atoms with Gasteiger partial charge in [-0.25, -0.2) is 0 Å². The molecule has 0 unspecified atom stereocenters. The van der Waals surface area contributed by atoms with Crippen LogP contribution >= 0.6 is 0 Å². The number of rotatable bonds is 2. The van der Waals surface area contributed by atoms with Crippen LogP contribution in [0, 0.1) is 6.92 Å². The predicted molar refractivity (Wildman–Crippen MR) is 80.5 cm³/mol. The molecule has 0 N–H and O–H groups in total. The molecule has 1 aliphatic rings. The molecule has 0 amide bonds. The molecule has 1 aliphatic heterocycles. The zero-order chi connectivity index (χ0) is 14.3. The highest BCUT2D eigenvalue weighted by atomic mass is 15.4. The molecule has 1 aromatic heterocycles. The van der Waals surface area contributed by atoms with Crippen molar-refractivity contribution in [3.8, 4) is 5.69 Å². The third-order valence-corrected chi connectivity index (χ3v) is 4.12. The van der Waals surface area contributed by atoms with Gasteiger partial charge < -0.3 is 9.80 Å². The number of benzene rings is 1. The Bertz CT molecular complexity index is 656. The summed E-state index contributed by atoms with van der Waals surface area (Å²) in [5.41, 5.74) is 3.75. The van der Waals surface area contributed by atoms with Crippen LogP contribution in [0.15, 0.2) is 49.1 Å². The van der Waals surface area contributed by atoms with Crippen molar-refractivity contribution in [1.29, 1.82) is 0 Å². The maximum absolute atomic E-state index is 2.31. The van der Waals surface area contributed by atoms with Gasteiger partial charge in [0, 0.05) is 36.8 Å². The Labute approximate surface area is 120 Å². The number of hydrogen-bond acceptors (Lipinski definition) is 2. The first-order valence-corrected chi connectivity index (χ1v) is 6.91. The summed E-state index contributed by atoms with van der Waals surface area (Å²) in [4.78, 5) is 4.52. The highest BCUT2D eigenvalue weighted by Gasteiger charge is 2.23. The number of anilines is 1. The van der Waals surface area contributed by atoms with E-state index in [-0.39, 0.29) is 0 Å². The minimum absolute atomic E-state index is 0.349. The first kappa shape index (κ1) is 12.8. The molecule has 2 heterocycles. The molecule has 20 heavy (non-hydrogen) atoms. The fraction of sp³-hybridized carbons (Fsp3) is 0.312. The topological polar surface area (TPSA) is 15.3 Å². The lowest BCUT2D eigenvalue weighted by atomic mass is 10.1. The van der Waals surface area contributed by atoms with Gasteiger partial charge in [-0.2, -0.15) is 0 Å². The second-order valence-corrected chi connectivity index (χ2v) is 5.33. The second kappa shape index (κ2) is 4.71. The Balaban J connectivity index is 2.07. The Morgan fingerprint density at radius 1 is 1.10 bits per heavy atom.